The molecule has 0 saturated carbocycles. The normalized spacial score (nSPS) is 10.3. The van der Waals surface area contributed by atoms with Gasteiger partial charge in [0.15, 0.2) is 0 Å². The maximum Gasteiger partial charge on any atom is 0.324 e. The summed E-state index contributed by atoms with van der Waals surface area (Å²) in [4.78, 5) is 23.3. The molecule has 1 aromatic heterocycles. The van der Waals surface area contributed by atoms with Crippen LogP contribution in [-0.2, 0) is 6.54 Å². The minimum atomic E-state index is -0.588. The molecule has 1 amide bonds. The summed E-state index contributed by atoms with van der Waals surface area (Å²) in [6.45, 7) is 0.353. The molecule has 1 N–H and O–H groups in total. The van der Waals surface area contributed by atoms with Crippen LogP contribution < -0.4 is 5.32 Å². The van der Waals surface area contributed by atoms with Gasteiger partial charge in [0, 0.05) is 37.8 Å². The number of amides is 1. The summed E-state index contributed by atoms with van der Waals surface area (Å²) >= 11 is 1.05. The zero-order chi connectivity index (χ0) is 16.3. The molecule has 6 nitrogen and oxygen atoms in total. The van der Waals surface area contributed by atoms with E-state index in [0.717, 1.165) is 16.9 Å². The Morgan fingerprint density at radius 3 is 2.73 bits per heavy atom. The fraction of sp³-hybridized carbons (Fsp3) is 0.214. The Morgan fingerprint density at radius 2 is 2.14 bits per heavy atom. The molecule has 0 saturated heterocycles. The Morgan fingerprint density at radius 1 is 1.41 bits per heavy atom. The van der Waals surface area contributed by atoms with Crippen molar-refractivity contribution in [2.45, 2.75) is 6.54 Å². The summed E-state index contributed by atoms with van der Waals surface area (Å²) in [5.41, 5.74) is 1.30. The highest BCUT2D eigenvalue weighted by Crippen LogP contribution is 2.23. The Balaban J connectivity index is 2.11. The lowest BCUT2D eigenvalue weighted by molar-refractivity contribution is -0.380. The first-order chi connectivity index (χ1) is 10.4. The molecule has 1 aromatic carbocycles. The van der Waals surface area contributed by atoms with E-state index in [1.807, 2.05) is 0 Å². The number of carbonyl (C=O) groups is 1. The van der Waals surface area contributed by atoms with Gasteiger partial charge in [0.2, 0.25) is 0 Å². The maximum absolute atomic E-state index is 13.7. The molecule has 1 heterocycles. The number of thiophene rings is 1. The third kappa shape index (κ3) is 3.59. The second kappa shape index (κ2) is 6.52. The highest BCUT2D eigenvalue weighted by Gasteiger charge is 2.14. The minimum Gasteiger partial charge on any atom is -0.381 e. The average Bonchev–Trinajstić information content (AvgIpc) is 2.94. The third-order valence-electron chi connectivity index (χ3n) is 2.92. The zero-order valence-electron chi connectivity index (χ0n) is 12.0. The molecule has 0 atom stereocenters. The van der Waals surface area contributed by atoms with Gasteiger partial charge >= 0.3 is 5.00 Å². The standard InChI is InChI=1S/C14H14FN3O3S/c1-17(2)14(19)11-6-10(3-4-12(11)15)16-7-9-5-13(18(20)21)22-8-9/h3-6,8,16H,7H2,1-2H3. The van der Waals surface area contributed by atoms with Gasteiger partial charge in [0.25, 0.3) is 5.91 Å². The maximum atomic E-state index is 13.7. The second-order valence-electron chi connectivity index (χ2n) is 4.80. The number of halogens is 1. The van der Waals surface area contributed by atoms with Crippen LogP contribution in [0.5, 0.6) is 0 Å². The van der Waals surface area contributed by atoms with Crippen molar-refractivity contribution in [1.82, 2.24) is 4.90 Å². The van der Waals surface area contributed by atoms with Crippen LogP contribution in [0.1, 0.15) is 15.9 Å². The molecule has 0 aliphatic rings. The molecular weight excluding hydrogens is 309 g/mol. The van der Waals surface area contributed by atoms with Gasteiger partial charge in [-0.1, -0.05) is 11.3 Å². The molecule has 0 aliphatic carbocycles. The predicted molar refractivity (Wildman–Crippen MR) is 82.7 cm³/mol. The zero-order valence-corrected chi connectivity index (χ0v) is 12.8. The minimum absolute atomic E-state index is 0.0219. The highest BCUT2D eigenvalue weighted by molar-refractivity contribution is 7.13. The van der Waals surface area contributed by atoms with Crippen molar-refractivity contribution in [3.63, 3.8) is 0 Å². The number of hydrogen-bond acceptors (Lipinski definition) is 5. The number of nitrogens with one attached hydrogen (secondary N) is 1. The lowest BCUT2D eigenvalue weighted by Crippen LogP contribution is -2.22. The molecular formula is C14H14FN3O3S. The van der Waals surface area contributed by atoms with Crippen molar-refractivity contribution >= 4 is 27.9 Å². The van der Waals surface area contributed by atoms with E-state index in [0.29, 0.717) is 12.2 Å². The van der Waals surface area contributed by atoms with E-state index in [1.54, 1.807) is 19.5 Å². The van der Waals surface area contributed by atoms with Crippen molar-refractivity contribution in [3.05, 3.63) is 56.7 Å². The SMILES string of the molecule is CN(C)C(=O)c1cc(NCc2csc([N+](=O)[O-])c2)ccc1F. The molecule has 0 fully saturated rings. The van der Waals surface area contributed by atoms with Crippen LogP contribution in [0, 0.1) is 15.9 Å². The summed E-state index contributed by atoms with van der Waals surface area (Å²) in [5.74, 6) is -1.01. The van der Waals surface area contributed by atoms with E-state index in [9.17, 15) is 19.3 Å². The molecule has 0 aliphatic heterocycles. The summed E-state index contributed by atoms with van der Waals surface area (Å²) in [6, 6.07) is 5.64. The first-order valence-corrected chi connectivity index (χ1v) is 7.23. The summed E-state index contributed by atoms with van der Waals surface area (Å²) in [5, 5.41) is 15.4. The number of rotatable bonds is 5. The lowest BCUT2D eigenvalue weighted by Gasteiger charge is -2.12. The van der Waals surface area contributed by atoms with Gasteiger partial charge in [0.05, 0.1) is 10.5 Å². The van der Waals surface area contributed by atoms with E-state index >= 15 is 0 Å². The molecule has 22 heavy (non-hydrogen) atoms. The summed E-state index contributed by atoms with van der Waals surface area (Å²) in [6.07, 6.45) is 0. The number of carbonyl (C=O) groups excluding carboxylic acids is 1. The van der Waals surface area contributed by atoms with Gasteiger partial charge < -0.3 is 10.2 Å². The van der Waals surface area contributed by atoms with Gasteiger partial charge in [-0.15, -0.1) is 0 Å². The topological polar surface area (TPSA) is 75.5 Å². The van der Waals surface area contributed by atoms with E-state index < -0.39 is 16.6 Å². The van der Waals surface area contributed by atoms with Gasteiger partial charge in [0.1, 0.15) is 5.82 Å². The monoisotopic (exact) mass is 323 g/mol. The van der Waals surface area contributed by atoms with Crippen molar-refractivity contribution in [1.29, 1.82) is 0 Å². The molecule has 2 aromatic rings. The largest absolute Gasteiger partial charge is 0.381 e. The molecule has 8 heteroatoms. The smallest absolute Gasteiger partial charge is 0.324 e. The molecule has 0 bridgehead atoms. The van der Waals surface area contributed by atoms with Gasteiger partial charge in [-0.3, -0.25) is 14.9 Å². The summed E-state index contributed by atoms with van der Waals surface area (Å²) in [7, 11) is 3.10. The van der Waals surface area contributed by atoms with Crippen molar-refractivity contribution in [2.24, 2.45) is 0 Å². The van der Waals surface area contributed by atoms with Crippen molar-refractivity contribution in [3.8, 4) is 0 Å². The van der Waals surface area contributed by atoms with E-state index in [2.05, 4.69) is 5.32 Å². The fourth-order valence-electron chi connectivity index (χ4n) is 1.80. The van der Waals surface area contributed by atoms with Crippen LogP contribution in [0.3, 0.4) is 0 Å². The van der Waals surface area contributed by atoms with Crippen molar-refractivity contribution < 1.29 is 14.1 Å². The Bertz CT molecular complexity index is 715. The van der Waals surface area contributed by atoms with Crippen molar-refractivity contribution in [2.75, 3.05) is 19.4 Å². The number of benzene rings is 1. The van der Waals surface area contributed by atoms with Gasteiger partial charge in [-0.25, -0.2) is 4.39 Å². The second-order valence-corrected chi connectivity index (χ2v) is 5.69. The highest BCUT2D eigenvalue weighted by atomic mass is 32.1. The average molecular weight is 323 g/mol. The van der Waals surface area contributed by atoms with Crippen LogP contribution >= 0.6 is 11.3 Å². The van der Waals surface area contributed by atoms with Gasteiger partial charge in [-0.2, -0.15) is 0 Å². The third-order valence-corrected chi connectivity index (χ3v) is 3.85. The first kappa shape index (κ1) is 15.9. The van der Waals surface area contributed by atoms with E-state index in [-0.39, 0.29) is 10.6 Å². The van der Waals surface area contributed by atoms with E-state index in [1.165, 1.54) is 29.2 Å². The first-order valence-electron chi connectivity index (χ1n) is 6.35. The van der Waals surface area contributed by atoms with Crippen LogP contribution in [0.2, 0.25) is 0 Å². The molecule has 0 unspecified atom stereocenters. The number of nitrogens with zero attached hydrogens (tertiary/aromatic N) is 2. The van der Waals surface area contributed by atoms with Crippen LogP contribution in [0.4, 0.5) is 15.1 Å². The number of nitro groups is 1. The van der Waals surface area contributed by atoms with Crippen LogP contribution in [0.25, 0.3) is 0 Å². The predicted octanol–water partition coefficient (Wildman–Crippen LogP) is 3.11. The van der Waals surface area contributed by atoms with Gasteiger partial charge in [-0.05, 0) is 23.8 Å². The Kier molecular flexibility index (Phi) is 4.71. The molecule has 2 rings (SSSR count). The fourth-order valence-corrected chi connectivity index (χ4v) is 2.52. The molecule has 0 spiro atoms. The Hall–Kier alpha value is -2.48. The lowest BCUT2D eigenvalue weighted by atomic mass is 10.1. The number of anilines is 1. The molecule has 116 valence electrons. The van der Waals surface area contributed by atoms with E-state index in [4.69, 9.17) is 0 Å². The number of hydrogen-bond donors (Lipinski definition) is 1. The summed E-state index contributed by atoms with van der Waals surface area (Å²) < 4.78 is 13.7. The quantitative estimate of drug-likeness (QED) is 0.677. The van der Waals surface area contributed by atoms with Crippen LogP contribution in [0.15, 0.2) is 29.6 Å². The van der Waals surface area contributed by atoms with Crippen LogP contribution in [-0.4, -0.2) is 29.8 Å². The molecule has 0 radical (unpaired) electrons. The Labute approximate surface area is 130 Å².